The maximum absolute atomic E-state index is 5.17. The van der Waals surface area contributed by atoms with E-state index >= 15 is 0 Å². The number of aromatic nitrogens is 3. The summed E-state index contributed by atoms with van der Waals surface area (Å²) < 4.78 is 7.27. The average molecular weight is 280 g/mol. The zero-order chi connectivity index (χ0) is 13.7. The Balaban J connectivity index is 1.87. The quantitative estimate of drug-likeness (QED) is 0.846. The number of aryl methyl sites for hydroxylation is 1. The van der Waals surface area contributed by atoms with E-state index in [0.717, 1.165) is 29.6 Å². The zero-order valence-corrected chi connectivity index (χ0v) is 12.4. The minimum atomic E-state index is 0.275. The van der Waals surface area contributed by atoms with Crippen LogP contribution in [-0.4, -0.2) is 34.8 Å². The molecule has 19 heavy (non-hydrogen) atoms. The van der Waals surface area contributed by atoms with Crippen LogP contribution in [0.4, 0.5) is 5.95 Å². The number of anilines is 1. The Morgan fingerprint density at radius 3 is 3.05 bits per heavy atom. The molecular formula is C13H20N4OS. The van der Waals surface area contributed by atoms with E-state index in [2.05, 4.69) is 32.2 Å². The van der Waals surface area contributed by atoms with E-state index in [-0.39, 0.29) is 6.04 Å². The van der Waals surface area contributed by atoms with Gasteiger partial charge in [-0.05, 0) is 13.8 Å². The fourth-order valence-corrected chi connectivity index (χ4v) is 2.70. The van der Waals surface area contributed by atoms with Crippen LogP contribution in [0.2, 0.25) is 0 Å². The summed E-state index contributed by atoms with van der Waals surface area (Å²) in [5, 5.41) is 6.59. The molecule has 0 bridgehead atoms. The monoisotopic (exact) mass is 280 g/mol. The molecule has 0 aromatic carbocycles. The maximum atomic E-state index is 5.17. The van der Waals surface area contributed by atoms with Crippen LogP contribution in [0.3, 0.4) is 0 Å². The molecule has 1 unspecified atom stereocenters. The largest absolute Gasteiger partial charge is 0.383 e. The van der Waals surface area contributed by atoms with Gasteiger partial charge >= 0.3 is 0 Å². The van der Waals surface area contributed by atoms with E-state index in [1.54, 1.807) is 18.4 Å². The summed E-state index contributed by atoms with van der Waals surface area (Å²) in [6, 6.07) is 0.275. The number of methoxy groups -OCH3 is 1. The lowest BCUT2D eigenvalue weighted by Gasteiger charge is -2.15. The predicted molar refractivity (Wildman–Crippen MR) is 77.9 cm³/mol. The van der Waals surface area contributed by atoms with Gasteiger partial charge in [0, 0.05) is 43.5 Å². The fourth-order valence-electron chi connectivity index (χ4n) is 1.93. The van der Waals surface area contributed by atoms with Gasteiger partial charge in [0.25, 0.3) is 0 Å². The highest BCUT2D eigenvalue weighted by molar-refractivity contribution is 7.09. The molecular weight excluding hydrogens is 260 g/mol. The van der Waals surface area contributed by atoms with E-state index in [4.69, 9.17) is 4.74 Å². The molecule has 6 heteroatoms. The van der Waals surface area contributed by atoms with Crippen molar-refractivity contribution >= 4 is 17.3 Å². The summed E-state index contributed by atoms with van der Waals surface area (Å²) in [6.07, 6.45) is 4.70. The van der Waals surface area contributed by atoms with E-state index in [0.29, 0.717) is 6.61 Å². The molecule has 0 aliphatic rings. The zero-order valence-electron chi connectivity index (χ0n) is 11.6. The van der Waals surface area contributed by atoms with Gasteiger partial charge < -0.3 is 14.6 Å². The highest BCUT2D eigenvalue weighted by atomic mass is 32.1. The van der Waals surface area contributed by atoms with Gasteiger partial charge in [-0.3, -0.25) is 0 Å². The van der Waals surface area contributed by atoms with Crippen molar-refractivity contribution in [3.8, 4) is 0 Å². The smallest absolute Gasteiger partial charge is 0.203 e. The van der Waals surface area contributed by atoms with E-state index in [1.807, 2.05) is 19.3 Å². The number of imidazole rings is 1. The van der Waals surface area contributed by atoms with Gasteiger partial charge in [0.05, 0.1) is 17.7 Å². The van der Waals surface area contributed by atoms with Gasteiger partial charge in [0.2, 0.25) is 5.95 Å². The Morgan fingerprint density at radius 2 is 2.37 bits per heavy atom. The summed E-state index contributed by atoms with van der Waals surface area (Å²) in [5.41, 5.74) is 1.09. The molecule has 1 atom stereocenters. The first-order valence-corrected chi connectivity index (χ1v) is 7.25. The molecule has 0 aliphatic carbocycles. The van der Waals surface area contributed by atoms with Crippen molar-refractivity contribution in [2.75, 3.05) is 25.6 Å². The summed E-state index contributed by atoms with van der Waals surface area (Å²) in [5.74, 6) is 0.887. The SMILES string of the molecule is COCC(C)n1ccnc1NCCc1nc(C)cs1. The lowest BCUT2D eigenvalue weighted by molar-refractivity contribution is 0.163. The Morgan fingerprint density at radius 1 is 1.53 bits per heavy atom. The third kappa shape index (κ3) is 3.78. The first-order chi connectivity index (χ1) is 9.20. The summed E-state index contributed by atoms with van der Waals surface area (Å²) in [6.45, 7) is 5.65. The van der Waals surface area contributed by atoms with Crippen LogP contribution in [0.15, 0.2) is 17.8 Å². The standard InChI is InChI=1S/C13H20N4OS/c1-10-9-19-12(16-10)4-5-14-13-15-6-7-17(13)11(2)8-18-3/h6-7,9,11H,4-5,8H2,1-3H3,(H,14,15). The number of rotatable bonds is 7. The topological polar surface area (TPSA) is 52.0 Å². The molecule has 104 valence electrons. The second-order valence-electron chi connectivity index (χ2n) is 4.52. The predicted octanol–water partition coefficient (Wildman–Crippen LogP) is 2.51. The molecule has 0 aliphatic heterocycles. The fraction of sp³-hybridized carbons (Fsp3) is 0.538. The van der Waals surface area contributed by atoms with Crippen LogP contribution in [0.5, 0.6) is 0 Å². The van der Waals surface area contributed by atoms with Gasteiger partial charge in [-0.2, -0.15) is 0 Å². The van der Waals surface area contributed by atoms with Gasteiger partial charge in [0.15, 0.2) is 0 Å². The lowest BCUT2D eigenvalue weighted by Crippen LogP contribution is -2.15. The second kappa shape index (κ2) is 6.68. The van der Waals surface area contributed by atoms with Crippen molar-refractivity contribution in [2.24, 2.45) is 0 Å². The molecule has 0 saturated carbocycles. The van der Waals surface area contributed by atoms with Crippen LogP contribution in [-0.2, 0) is 11.2 Å². The molecule has 2 heterocycles. The third-order valence-electron chi connectivity index (χ3n) is 2.84. The Kier molecular flexibility index (Phi) is 4.93. The highest BCUT2D eigenvalue weighted by Gasteiger charge is 2.09. The molecule has 1 N–H and O–H groups in total. The number of hydrogen-bond donors (Lipinski definition) is 1. The normalized spacial score (nSPS) is 12.6. The van der Waals surface area contributed by atoms with Crippen molar-refractivity contribution in [3.63, 3.8) is 0 Å². The molecule has 0 spiro atoms. The van der Waals surface area contributed by atoms with Crippen molar-refractivity contribution < 1.29 is 4.74 Å². The van der Waals surface area contributed by atoms with Crippen LogP contribution in [0.1, 0.15) is 23.7 Å². The third-order valence-corrected chi connectivity index (χ3v) is 3.87. The molecule has 2 rings (SSSR count). The van der Waals surface area contributed by atoms with Crippen molar-refractivity contribution in [1.82, 2.24) is 14.5 Å². The lowest BCUT2D eigenvalue weighted by atomic mass is 10.3. The van der Waals surface area contributed by atoms with Gasteiger partial charge in [-0.25, -0.2) is 9.97 Å². The number of ether oxygens (including phenoxy) is 1. The van der Waals surface area contributed by atoms with Gasteiger partial charge in [-0.1, -0.05) is 0 Å². The molecule has 0 saturated heterocycles. The number of nitrogens with zero attached hydrogens (tertiary/aromatic N) is 3. The first-order valence-electron chi connectivity index (χ1n) is 6.37. The van der Waals surface area contributed by atoms with Crippen LogP contribution in [0, 0.1) is 6.92 Å². The molecule has 2 aromatic heterocycles. The van der Waals surface area contributed by atoms with E-state index < -0.39 is 0 Å². The Hall–Kier alpha value is -1.40. The number of nitrogens with one attached hydrogen (secondary N) is 1. The van der Waals surface area contributed by atoms with Crippen LogP contribution >= 0.6 is 11.3 Å². The summed E-state index contributed by atoms with van der Waals surface area (Å²) in [7, 11) is 1.71. The second-order valence-corrected chi connectivity index (χ2v) is 5.46. The van der Waals surface area contributed by atoms with Crippen LogP contribution < -0.4 is 5.32 Å². The number of thiazole rings is 1. The Bertz CT molecular complexity index is 508. The number of hydrogen-bond acceptors (Lipinski definition) is 5. The van der Waals surface area contributed by atoms with E-state index in [1.165, 1.54) is 0 Å². The van der Waals surface area contributed by atoms with Gasteiger partial charge in [0.1, 0.15) is 0 Å². The Labute approximate surface area is 117 Å². The van der Waals surface area contributed by atoms with Gasteiger partial charge in [-0.15, -0.1) is 11.3 Å². The van der Waals surface area contributed by atoms with Crippen LogP contribution in [0.25, 0.3) is 0 Å². The van der Waals surface area contributed by atoms with Crippen molar-refractivity contribution in [1.29, 1.82) is 0 Å². The molecule has 5 nitrogen and oxygen atoms in total. The molecule has 0 fully saturated rings. The maximum Gasteiger partial charge on any atom is 0.203 e. The molecule has 0 amide bonds. The summed E-state index contributed by atoms with van der Waals surface area (Å²) in [4.78, 5) is 8.78. The molecule has 2 aromatic rings. The van der Waals surface area contributed by atoms with Crippen molar-refractivity contribution in [2.45, 2.75) is 26.3 Å². The highest BCUT2D eigenvalue weighted by Crippen LogP contribution is 2.14. The molecule has 0 radical (unpaired) electrons. The average Bonchev–Trinajstić information content (AvgIpc) is 2.99. The summed E-state index contributed by atoms with van der Waals surface area (Å²) >= 11 is 1.71. The minimum absolute atomic E-state index is 0.275. The first kappa shape index (κ1) is 14.0. The van der Waals surface area contributed by atoms with Crippen molar-refractivity contribution in [3.05, 3.63) is 28.5 Å². The minimum Gasteiger partial charge on any atom is -0.383 e. The van der Waals surface area contributed by atoms with E-state index in [9.17, 15) is 0 Å².